The molecule has 2 rings (SSSR count). The Labute approximate surface area is 124 Å². The molecule has 1 aromatic carbocycles. The van der Waals surface area contributed by atoms with Crippen molar-refractivity contribution in [3.63, 3.8) is 0 Å². The SMILES string of the molecule is CC(C)N(Cc1cccs1)C(=S)Nc1ccccc1. The largest absolute Gasteiger partial charge is 0.341 e. The molecule has 0 bridgehead atoms. The van der Waals surface area contributed by atoms with E-state index in [2.05, 4.69) is 41.6 Å². The Hall–Kier alpha value is -1.39. The molecule has 0 saturated carbocycles. The Morgan fingerprint density at radius 2 is 1.95 bits per heavy atom. The average molecular weight is 290 g/mol. The second-order valence-electron chi connectivity index (χ2n) is 4.60. The van der Waals surface area contributed by atoms with Crippen molar-refractivity contribution in [3.8, 4) is 0 Å². The maximum absolute atomic E-state index is 5.53. The molecule has 1 N–H and O–H groups in total. The van der Waals surface area contributed by atoms with Gasteiger partial charge in [-0.25, -0.2) is 0 Å². The Kier molecular flexibility index (Phi) is 4.93. The number of rotatable bonds is 4. The van der Waals surface area contributed by atoms with Crippen LogP contribution in [0.25, 0.3) is 0 Å². The number of nitrogens with zero attached hydrogens (tertiary/aromatic N) is 1. The summed E-state index contributed by atoms with van der Waals surface area (Å²) in [5, 5.41) is 6.17. The van der Waals surface area contributed by atoms with Gasteiger partial charge in [0.2, 0.25) is 0 Å². The van der Waals surface area contributed by atoms with Gasteiger partial charge in [0.25, 0.3) is 0 Å². The first-order chi connectivity index (χ1) is 9.16. The molecule has 0 aliphatic carbocycles. The lowest BCUT2D eigenvalue weighted by Gasteiger charge is -2.29. The van der Waals surface area contributed by atoms with Gasteiger partial charge in [-0.2, -0.15) is 0 Å². The lowest BCUT2D eigenvalue weighted by molar-refractivity contribution is 0.351. The third kappa shape index (κ3) is 4.04. The Morgan fingerprint density at radius 1 is 1.21 bits per heavy atom. The molecular weight excluding hydrogens is 272 g/mol. The molecule has 0 saturated heterocycles. The molecule has 0 atom stereocenters. The lowest BCUT2D eigenvalue weighted by atomic mass is 10.3. The first kappa shape index (κ1) is 14.0. The molecule has 0 radical (unpaired) electrons. The zero-order chi connectivity index (χ0) is 13.7. The third-order valence-electron chi connectivity index (χ3n) is 2.82. The van der Waals surface area contributed by atoms with E-state index in [0.717, 1.165) is 17.3 Å². The minimum absolute atomic E-state index is 0.366. The van der Waals surface area contributed by atoms with E-state index in [1.807, 2.05) is 30.3 Å². The van der Waals surface area contributed by atoms with Gasteiger partial charge < -0.3 is 10.2 Å². The smallest absolute Gasteiger partial charge is 0.173 e. The second-order valence-corrected chi connectivity index (χ2v) is 6.02. The van der Waals surface area contributed by atoms with Gasteiger partial charge in [-0.3, -0.25) is 0 Å². The summed E-state index contributed by atoms with van der Waals surface area (Å²) in [6, 6.07) is 14.6. The maximum atomic E-state index is 5.53. The van der Waals surface area contributed by atoms with Crippen LogP contribution in [0.3, 0.4) is 0 Å². The van der Waals surface area contributed by atoms with Crippen molar-refractivity contribution in [1.82, 2.24) is 4.90 Å². The van der Waals surface area contributed by atoms with Crippen LogP contribution >= 0.6 is 23.6 Å². The lowest BCUT2D eigenvalue weighted by Crippen LogP contribution is -2.39. The van der Waals surface area contributed by atoms with Crippen LogP contribution in [0.15, 0.2) is 47.8 Å². The molecule has 0 amide bonds. The van der Waals surface area contributed by atoms with Crippen LogP contribution in [0, 0.1) is 0 Å². The van der Waals surface area contributed by atoms with Crippen molar-refractivity contribution >= 4 is 34.4 Å². The highest BCUT2D eigenvalue weighted by molar-refractivity contribution is 7.80. The van der Waals surface area contributed by atoms with Gasteiger partial charge in [-0.1, -0.05) is 24.3 Å². The molecule has 0 fully saturated rings. The third-order valence-corrected chi connectivity index (χ3v) is 4.01. The molecule has 0 unspecified atom stereocenters. The van der Waals surface area contributed by atoms with Crippen molar-refractivity contribution in [2.75, 3.05) is 5.32 Å². The van der Waals surface area contributed by atoms with Gasteiger partial charge in [0, 0.05) is 16.6 Å². The average Bonchev–Trinajstić information content (AvgIpc) is 2.89. The predicted octanol–water partition coefficient (Wildman–Crippen LogP) is 4.36. The van der Waals surface area contributed by atoms with Gasteiger partial charge in [0.15, 0.2) is 5.11 Å². The number of hydrogen-bond donors (Lipinski definition) is 1. The van der Waals surface area contributed by atoms with E-state index in [1.54, 1.807) is 11.3 Å². The number of anilines is 1. The second kappa shape index (κ2) is 6.68. The highest BCUT2D eigenvalue weighted by atomic mass is 32.1. The minimum atomic E-state index is 0.366. The zero-order valence-corrected chi connectivity index (χ0v) is 12.8. The topological polar surface area (TPSA) is 15.3 Å². The molecule has 2 nitrogen and oxygen atoms in total. The molecule has 1 heterocycles. The molecule has 1 aromatic heterocycles. The van der Waals surface area contributed by atoms with Gasteiger partial charge in [0.1, 0.15) is 0 Å². The summed E-state index contributed by atoms with van der Waals surface area (Å²) in [4.78, 5) is 3.53. The van der Waals surface area contributed by atoms with Crippen molar-refractivity contribution < 1.29 is 0 Å². The van der Waals surface area contributed by atoms with E-state index in [0.29, 0.717) is 6.04 Å². The molecule has 0 aliphatic rings. The standard InChI is InChI=1S/C15H18N2S2/c1-12(2)17(11-14-9-6-10-19-14)15(18)16-13-7-4-3-5-8-13/h3-10,12H,11H2,1-2H3,(H,16,18). The van der Waals surface area contributed by atoms with Crippen LogP contribution in [0.5, 0.6) is 0 Å². The fourth-order valence-electron chi connectivity index (χ4n) is 1.78. The van der Waals surface area contributed by atoms with E-state index in [9.17, 15) is 0 Å². The predicted molar refractivity (Wildman–Crippen MR) is 87.7 cm³/mol. The summed E-state index contributed by atoms with van der Waals surface area (Å²) in [6.07, 6.45) is 0. The van der Waals surface area contributed by atoms with Crippen LogP contribution < -0.4 is 5.32 Å². The normalized spacial score (nSPS) is 10.5. The minimum Gasteiger partial charge on any atom is -0.341 e. The van der Waals surface area contributed by atoms with E-state index in [1.165, 1.54) is 4.88 Å². The Balaban J connectivity index is 2.04. The summed E-state index contributed by atoms with van der Waals surface area (Å²) in [7, 11) is 0. The van der Waals surface area contributed by atoms with Crippen molar-refractivity contribution in [1.29, 1.82) is 0 Å². The molecule has 2 aromatic rings. The fourth-order valence-corrected chi connectivity index (χ4v) is 2.87. The molecule has 4 heteroatoms. The van der Waals surface area contributed by atoms with E-state index in [4.69, 9.17) is 12.2 Å². The number of nitrogens with one attached hydrogen (secondary N) is 1. The Bertz CT molecular complexity index is 506. The summed E-state index contributed by atoms with van der Waals surface area (Å²) in [5.41, 5.74) is 1.03. The monoisotopic (exact) mass is 290 g/mol. The molecule has 100 valence electrons. The van der Waals surface area contributed by atoms with Gasteiger partial charge in [-0.15, -0.1) is 11.3 Å². The molecular formula is C15H18N2S2. The first-order valence-electron chi connectivity index (χ1n) is 6.32. The number of para-hydroxylation sites is 1. The van der Waals surface area contributed by atoms with Gasteiger partial charge >= 0.3 is 0 Å². The summed E-state index contributed by atoms with van der Waals surface area (Å²) < 4.78 is 0. The van der Waals surface area contributed by atoms with Gasteiger partial charge in [0.05, 0.1) is 6.54 Å². The van der Waals surface area contributed by atoms with Gasteiger partial charge in [-0.05, 0) is 49.6 Å². The Morgan fingerprint density at radius 3 is 2.53 bits per heavy atom. The summed E-state index contributed by atoms with van der Waals surface area (Å²) in [6.45, 7) is 5.17. The highest BCUT2D eigenvalue weighted by Gasteiger charge is 2.14. The van der Waals surface area contributed by atoms with Crippen LogP contribution in [0.4, 0.5) is 5.69 Å². The van der Waals surface area contributed by atoms with Crippen molar-refractivity contribution in [2.45, 2.75) is 26.4 Å². The van der Waals surface area contributed by atoms with Crippen molar-refractivity contribution in [2.24, 2.45) is 0 Å². The van der Waals surface area contributed by atoms with Crippen LogP contribution in [-0.4, -0.2) is 16.1 Å². The summed E-state index contributed by atoms with van der Waals surface area (Å²) in [5.74, 6) is 0. The zero-order valence-electron chi connectivity index (χ0n) is 11.2. The number of thiophene rings is 1. The van der Waals surface area contributed by atoms with E-state index >= 15 is 0 Å². The summed E-state index contributed by atoms with van der Waals surface area (Å²) >= 11 is 7.29. The number of thiocarbonyl (C=S) groups is 1. The quantitative estimate of drug-likeness (QED) is 0.843. The molecule has 0 aliphatic heterocycles. The number of hydrogen-bond acceptors (Lipinski definition) is 2. The van der Waals surface area contributed by atoms with E-state index < -0.39 is 0 Å². The molecule has 0 spiro atoms. The number of benzene rings is 1. The van der Waals surface area contributed by atoms with Crippen LogP contribution in [0.2, 0.25) is 0 Å². The van der Waals surface area contributed by atoms with Crippen LogP contribution in [-0.2, 0) is 6.54 Å². The highest BCUT2D eigenvalue weighted by Crippen LogP contribution is 2.16. The molecule has 19 heavy (non-hydrogen) atoms. The van der Waals surface area contributed by atoms with E-state index in [-0.39, 0.29) is 0 Å². The van der Waals surface area contributed by atoms with Crippen LogP contribution in [0.1, 0.15) is 18.7 Å². The fraction of sp³-hybridized carbons (Fsp3) is 0.267. The first-order valence-corrected chi connectivity index (χ1v) is 7.60. The van der Waals surface area contributed by atoms with Crippen molar-refractivity contribution in [3.05, 3.63) is 52.7 Å². The maximum Gasteiger partial charge on any atom is 0.173 e.